The first kappa shape index (κ1) is 15.4. The van der Waals surface area contributed by atoms with Gasteiger partial charge in [-0.1, -0.05) is 18.2 Å². The normalized spacial score (nSPS) is 15.9. The molecule has 1 aliphatic heterocycles. The van der Waals surface area contributed by atoms with Crippen molar-refractivity contribution in [3.63, 3.8) is 0 Å². The number of ether oxygens (including phenoxy) is 3. The van der Waals surface area contributed by atoms with Crippen molar-refractivity contribution in [2.45, 2.75) is 6.42 Å². The number of methoxy groups -OCH3 is 3. The summed E-state index contributed by atoms with van der Waals surface area (Å²) in [5.74, 6) is 2.15. The summed E-state index contributed by atoms with van der Waals surface area (Å²) in [5.41, 5.74) is 2.33. The number of allylic oxidation sites excluding steroid dienone is 1. The van der Waals surface area contributed by atoms with E-state index in [2.05, 4.69) is 30.2 Å². The number of rotatable bonds is 5. The van der Waals surface area contributed by atoms with Crippen LogP contribution in [0.15, 0.2) is 29.9 Å². The van der Waals surface area contributed by atoms with Crippen LogP contribution >= 0.6 is 0 Å². The summed E-state index contributed by atoms with van der Waals surface area (Å²) < 4.78 is 16.1. The monoisotopic (exact) mass is 289 g/mol. The summed E-state index contributed by atoms with van der Waals surface area (Å²) in [6.07, 6.45) is 7.55. The van der Waals surface area contributed by atoms with Crippen molar-refractivity contribution in [2.24, 2.45) is 0 Å². The molecule has 114 valence electrons. The number of benzene rings is 1. The van der Waals surface area contributed by atoms with Gasteiger partial charge < -0.3 is 19.1 Å². The standard InChI is InChI=1S/C17H23NO3/c1-18-9-7-13(8-10-18)5-6-14-11-16(20-3)17(21-4)12-15(14)19-2/h5-7,11-12H,8-10H2,1-4H3. The molecule has 1 aromatic carbocycles. The lowest BCUT2D eigenvalue weighted by atomic mass is 10.1. The van der Waals surface area contributed by atoms with Crippen molar-refractivity contribution in [3.05, 3.63) is 35.4 Å². The predicted molar refractivity (Wildman–Crippen MR) is 85.3 cm³/mol. The molecule has 4 nitrogen and oxygen atoms in total. The summed E-state index contributed by atoms with van der Waals surface area (Å²) in [6, 6.07) is 3.78. The Morgan fingerprint density at radius 3 is 2.19 bits per heavy atom. The molecule has 0 saturated heterocycles. The molecule has 0 atom stereocenters. The van der Waals surface area contributed by atoms with Gasteiger partial charge in [-0.3, -0.25) is 0 Å². The van der Waals surface area contributed by atoms with Gasteiger partial charge in [0.15, 0.2) is 11.5 Å². The van der Waals surface area contributed by atoms with Crippen molar-refractivity contribution in [3.8, 4) is 17.2 Å². The van der Waals surface area contributed by atoms with Crippen LogP contribution in [0.3, 0.4) is 0 Å². The first-order valence-electron chi connectivity index (χ1n) is 7.03. The van der Waals surface area contributed by atoms with Crippen LogP contribution < -0.4 is 14.2 Å². The zero-order valence-corrected chi connectivity index (χ0v) is 13.2. The molecular formula is C17H23NO3. The molecule has 0 aliphatic carbocycles. The quantitative estimate of drug-likeness (QED) is 0.834. The molecule has 4 heteroatoms. The van der Waals surface area contributed by atoms with E-state index in [0.29, 0.717) is 11.5 Å². The highest BCUT2D eigenvalue weighted by atomic mass is 16.5. The fraction of sp³-hybridized carbons (Fsp3) is 0.412. The Hall–Kier alpha value is -1.94. The largest absolute Gasteiger partial charge is 0.496 e. The lowest BCUT2D eigenvalue weighted by Gasteiger charge is -2.20. The summed E-state index contributed by atoms with van der Waals surface area (Å²) in [6.45, 7) is 2.10. The Balaban J connectivity index is 2.26. The van der Waals surface area contributed by atoms with Crippen LogP contribution in [0.5, 0.6) is 17.2 Å². The Kier molecular flexibility index (Phi) is 5.28. The van der Waals surface area contributed by atoms with Gasteiger partial charge in [0.2, 0.25) is 0 Å². The van der Waals surface area contributed by atoms with E-state index in [4.69, 9.17) is 14.2 Å². The average Bonchev–Trinajstić information content (AvgIpc) is 2.53. The lowest BCUT2D eigenvalue weighted by Crippen LogP contribution is -2.23. The lowest BCUT2D eigenvalue weighted by molar-refractivity contribution is 0.348. The number of hydrogen-bond donors (Lipinski definition) is 0. The molecular weight excluding hydrogens is 266 g/mol. The van der Waals surface area contributed by atoms with Gasteiger partial charge in [0, 0.05) is 24.7 Å². The molecule has 0 amide bonds. The number of likely N-dealkylation sites (N-methyl/N-ethyl adjacent to an activating group) is 1. The third-order valence-electron chi connectivity index (χ3n) is 3.66. The highest BCUT2D eigenvalue weighted by Crippen LogP contribution is 2.35. The van der Waals surface area contributed by atoms with Crippen LogP contribution in [-0.2, 0) is 0 Å². The second-order valence-electron chi connectivity index (χ2n) is 5.07. The van der Waals surface area contributed by atoms with Crippen LogP contribution in [0.2, 0.25) is 0 Å². The molecule has 0 fully saturated rings. The minimum atomic E-state index is 0.671. The smallest absolute Gasteiger partial charge is 0.164 e. The highest BCUT2D eigenvalue weighted by molar-refractivity contribution is 5.65. The average molecular weight is 289 g/mol. The molecule has 21 heavy (non-hydrogen) atoms. The molecule has 0 aromatic heterocycles. The first-order valence-corrected chi connectivity index (χ1v) is 7.03. The van der Waals surface area contributed by atoms with Gasteiger partial charge >= 0.3 is 0 Å². The predicted octanol–water partition coefficient (Wildman–Crippen LogP) is 2.99. The topological polar surface area (TPSA) is 30.9 Å². The fourth-order valence-electron chi connectivity index (χ4n) is 2.32. The molecule has 2 rings (SSSR count). The van der Waals surface area contributed by atoms with Gasteiger partial charge in [-0.05, 0) is 25.1 Å². The SMILES string of the molecule is COc1cc(OC)c(OC)cc1C=CC1=CCN(C)CC1. The zero-order chi connectivity index (χ0) is 15.2. The van der Waals surface area contributed by atoms with E-state index in [1.54, 1.807) is 21.3 Å². The maximum Gasteiger partial charge on any atom is 0.164 e. The van der Waals surface area contributed by atoms with Crippen molar-refractivity contribution >= 4 is 6.08 Å². The maximum absolute atomic E-state index is 5.43. The van der Waals surface area contributed by atoms with E-state index in [1.807, 2.05) is 12.1 Å². The van der Waals surface area contributed by atoms with Crippen LogP contribution in [-0.4, -0.2) is 46.4 Å². The zero-order valence-electron chi connectivity index (χ0n) is 13.2. The van der Waals surface area contributed by atoms with Crippen LogP contribution in [0.25, 0.3) is 6.08 Å². The van der Waals surface area contributed by atoms with E-state index in [9.17, 15) is 0 Å². The van der Waals surface area contributed by atoms with E-state index in [1.165, 1.54) is 5.57 Å². The molecule has 0 unspecified atom stereocenters. The molecule has 1 aromatic rings. The van der Waals surface area contributed by atoms with Crippen molar-refractivity contribution in [2.75, 3.05) is 41.5 Å². The van der Waals surface area contributed by atoms with Gasteiger partial charge in [-0.2, -0.15) is 0 Å². The summed E-state index contributed by atoms with van der Waals surface area (Å²) in [4.78, 5) is 2.30. The van der Waals surface area contributed by atoms with Gasteiger partial charge in [0.25, 0.3) is 0 Å². The third-order valence-corrected chi connectivity index (χ3v) is 3.66. The van der Waals surface area contributed by atoms with Gasteiger partial charge in [-0.25, -0.2) is 0 Å². The van der Waals surface area contributed by atoms with Crippen LogP contribution in [0.4, 0.5) is 0 Å². The minimum absolute atomic E-state index is 0.671. The number of hydrogen-bond acceptors (Lipinski definition) is 4. The molecule has 0 bridgehead atoms. The van der Waals surface area contributed by atoms with E-state index >= 15 is 0 Å². The third kappa shape index (κ3) is 3.79. The Morgan fingerprint density at radius 2 is 1.62 bits per heavy atom. The Bertz CT molecular complexity index is 549. The van der Waals surface area contributed by atoms with Crippen molar-refractivity contribution < 1.29 is 14.2 Å². The van der Waals surface area contributed by atoms with E-state index in [-0.39, 0.29) is 0 Å². The van der Waals surface area contributed by atoms with Gasteiger partial charge in [0.1, 0.15) is 5.75 Å². The maximum atomic E-state index is 5.43. The minimum Gasteiger partial charge on any atom is -0.496 e. The summed E-state index contributed by atoms with van der Waals surface area (Å²) in [5, 5.41) is 0. The van der Waals surface area contributed by atoms with Crippen molar-refractivity contribution in [1.29, 1.82) is 0 Å². The fourth-order valence-corrected chi connectivity index (χ4v) is 2.32. The van der Waals surface area contributed by atoms with Crippen LogP contribution in [0.1, 0.15) is 12.0 Å². The summed E-state index contributed by atoms with van der Waals surface area (Å²) in [7, 11) is 7.05. The Labute approximate surface area is 126 Å². The second-order valence-corrected chi connectivity index (χ2v) is 5.07. The molecule has 0 N–H and O–H groups in total. The molecule has 0 spiro atoms. The highest BCUT2D eigenvalue weighted by Gasteiger charge is 2.10. The Morgan fingerprint density at radius 1 is 0.952 bits per heavy atom. The molecule has 0 radical (unpaired) electrons. The summed E-state index contributed by atoms with van der Waals surface area (Å²) >= 11 is 0. The van der Waals surface area contributed by atoms with E-state index in [0.717, 1.165) is 30.8 Å². The van der Waals surface area contributed by atoms with E-state index < -0.39 is 0 Å². The van der Waals surface area contributed by atoms with Gasteiger partial charge in [-0.15, -0.1) is 0 Å². The van der Waals surface area contributed by atoms with Gasteiger partial charge in [0.05, 0.1) is 21.3 Å². The molecule has 0 saturated carbocycles. The molecule has 1 aliphatic rings. The van der Waals surface area contributed by atoms with Crippen LogP contribution in [0, 0.1) is 0 Å². The number of nitrogens with zero attached hydrogens (tertiary/aromatic N) is 1. The second kappa shape index (κ2) is 7.18. The first-order chi connectivity index (χ1) is 10.2. The molecule has 1 heterocycles. The van der Waals surface area contributed by atoms with Crippen molar-refractivity contribution in [1.82, 2.24) is 4.90 Å².